The minimum absolute atomic E-state index is 0.254. The van der Waals surface area contributed by atoms with E-state index in [1.54, 1.807) is 0 Å². The highest BCUT2D eigenvalue weighted by Gasteiger charge is 2.60. The number of nitrogens with zero attached hydrogens (tertiary/aromatic N) is 1. The van der Waals surface area contributed by atoms with Gasteiger partial charge in [-0.2, -0.15) is 0 Å². The molecule has 0 aromatic rings. The normalized spacial score (nSPS) is 56.2. The molecule has 4 aliphatic carbocycles. The summed E-state index contributed by atoms with van der Waals surface area (Å²) in [6.45, 7) is 2.95. The molecule has 0 radical (unpaired) electrons. The fourth-order valence-electron chi connectivity index (χ4n) is 5.41. The number of likely N-dealkylation sites (tertiary alicyclic amines) is 1. The number of β-lactam (4-membered cyclic amide) rings is 1. The summed E-state index contributed by atoms with van der Waals surface area (Å²) in [6, 6.07) is 0. The van der Waals surface area contributed by atoms with Gasteiger partial charge in [-0.3, -0.25) is 4.79 Å². The van der Waals surface area contributed by atoms with Crippen molar-refractivity contribution in [3.63, 3.8) is 0 Å². The lowest BCUT2D eigenvalue weighted by Gasteiger charge is -2.64. The van der Waals surface area contributed by atoms with Gasteiger partial charge >= 0.3 is 0 Å². The minimum Gasteiger partial charge on any atom is -0.334 e. The monoisotopic (exact) mass is 297 g/mol. The summed E-state index contributed by atoms with van der Waals surface area (Å²) < 4.78 is -0.254. The summed E-state index contributed by atoms with van der Waals surface area (Å²) in [5.41, 5.74) is 0.277. The first-order chi connectivity index (χ1) is 7.98. The number of amides is 1. The average molecular weight is 298 g/mol. The smallest absolute Gasteiger partial charge is 0.241 e. The van der Waals surface area contributed by atoms with E-state index in [-0.39, 0.29) is 9.86 Å². The molecule has 1 atom stereocenters. The molecule has 4 saturated carbocycles. The second-order valence-electron chi connectivity index (χ2n) is 7.23. The number of hydrogen-bond donors (Lipinski definition) is 0. The first-order valence-corrected chi connectivity index (χ1v) is 7.79. The van der Waals surface area contributed by atoms with Crippen LogP contribution in [0.5, 0.6) is 0 Å². The Bertz CT molecular complexity index is 354. The van der Waals surface area contributed by atoms with E-state index in [0.29, 0.717) is 5.91 Å². The van der Waals surface area contributed by atoms with Gasteiger partial charge in [0.15, 0.2) is 0 Å². The van der Waals surface area contributed by atoms with E-state index in [0.717, 1.165) is 24.3 Å². The number of halogens is 1. The van der Waals surface area contributed by atoms with Crippen LogP contribution in [0.2, 0.25) is 0 Å². The maximum atomic E-state index is 12.3. The zero-order chi connectivity index (χ0) is 11.8. The van der Waals surface area contributed by atoms with Crippen LogP contribution in [0.15, 0.2) is 0 Å². The first-order valence-electron chi connectivity index (χ1n) is 6.99. The molecule has 17 heavy (non-hydrogen) atoms. The SMILES string of the molecule is CC1(Br)CN(C23CC4CC(CC(C4)C2)C3)C1=O. The van der Waals surface area contributed by atoms with E-state index >= 15 is 0 Å². The fraction of sp³-hybridized carbons (Fsp3) is 0.929. The molecule has 1 amide bonds. The van der Waals surface area contributed by atoms with Crippen LogP contribution in [0.3, 0.4) is 0 Å². The molecular formula is C14H20BrNO. The van der Waals surface area contributed by atoms with Gasteiger partial charge in [0.1, 0.15) is 4.32 Å². The molecule has 1 saturated heterocycles. The standard InChI is InChI=1S/C14H20BrNO/c1-13(15)8-16(12(13)17)14-5-9-2-10(6-14)4-11(3-9)7-14/h9-11H,2-8H2,1H3. The van der Waals surface area contributed by atoms with E-state index in [1.165, 1.54) is 38.5 Å². The van der Waals surface area contributed by atoms with Crippen LogP contribution < -0.4 is 0 Å². The summed E-state index contributed by atoms with van der Waals surface area (Å²) in [4.78, 5) is 14.5. The Labute approximate surface area is 111 Å². The van der Waals surface area contributed by atoms with Crippen molar-refractivity contribution >= 4 is 21.8 Å². The molecule has 0 aromatic carbocycles. The second kappa shape index (κ2) is 3.09. The highest BCUT2D eigenvalue weighted by atomic mass is 79.9. The lowest BCUT2D eigenvalue weighted by atomic mass is 9.52. The van der Waals surface area contributed by atoms with Crippen molar-refractivity contribution in [1.82, 2.24) is 4.90 Å². The Balaban J connectivity index is 1.64. The van der Waals surface area contributed by atoms with Crippen LogP contribution in [-0.4, -0.2) is 27.2 Å². The second-order valence-corrected chi connectivity index (χ2v) is 8.98. The molecule has 0 aromatic heterocycles. The van der Waals surface area contributed by atoms with Gasteiger partial charge in [0.05, 0.1) is 0 Å². The lowest BCUT2D eigenvalue weighted by Crippen LogP contribution is -2.73. The van der Waals surface area contributed by atoms with Crippen molar-refractivity contribution in [2.24, 2.45) is 17.8 Å². The third kappa shape index (κ3) is 1.35. The largest absolute Gasteiger partial charge is 0.334 e. The number of hydrogen-bond acceptors (Lipinski definition) is 1. The highest BCUT2D eigenvalue weighted by molar-refractivity contribution is 9.10. The predicted octanol–water partition coefficient (Wildman–Crippen LogP) is 2.95. The molecule has 0 N–H and O–H groups in total. The van der Waals surface area contributed by atoms with Crippen molar-refractivity contribution in [3.05, 3.63) is 0 Å². The highest BCUT2D eigenvalue weighted by Crippen LogP contribution is 2.59. The fourth-order valence-corrected chi connectivity index (χ4v) is 5.87. The molecule has 1 heterocycles. The summed E-state index contributed by atoms with van der Waals surface area (Å²) in [7, 11) is 0. The Morgan fingerprint density at radius 2 is 1.59 bits per heavy atom. The zero-order valence-corrected chi connectivity index (χ0v) is 12.0. The van der Waals surface area contributed by atoms with Gasteiger partial charge in [-0.15, -0.1) is 0 Å². The van der Waals surface area contributed by atoms with E-state index in [1.807, 2.05) is 6.92 Å². The van der Waals surface area contributed by atoms with Gasteiger partial charge in [-0.25, -0.2) is 0 Å². The van der Waals surface area contributed by atoms with E-state index in [2.05, 4.69) is 20.8 Å². The van der Waals surface area contributed by atoms with Crippen LogP contribution in [0, 0.1) is 17.8 Å². The summed E-state index contributed by atoms with van der Waals surface area (Å²) >= 11 is 3.56. The molecule has 5 fully saturated rings. The van der Waals surface area contributed by atoms with Crippen molar-refractivity contribution in [3.8, 4) is 0 Å². The Morgan fingerprint density at radius 1 is 1.12 bits per heavy atom. The molecule has 3 heteroatoms. The maximum absolute atomic E-state index is 12.3. The van der Waals surface area contributed by atoms with Gasteiger partial charge in [-0.05, 0) is 63.2 Å². The maximum Gasteiger partial charge on any atom is 0.241 e. The van der Waals surface area contributed by atoms with Gasteiger partial charge < -0.3 is 4.90 Å². The summed E-state index contributed by atoms with van der Waals surface area (Å²) in [6.07, 6.45) is 8.25. The predicted molar refractivity (Wildman–Crippen MR) is 69.9 cm³/mol. The molecule has 0 spiro atoms. The molecule has 5 aliphatic rings. The molecule has 94 valence electrons. The van der Waals surface area contributed by atoms with Gasteiger partial charge in [0.2, 0.25) is 5.91 Å². The van der Waals surface area contributed by atoms with Crippen molar-refractivity contribution in [2.45, 2.75) is 55.3 Å². The summed E-state index contributed by atoms with van der Waals surface area (Å²) in [5, 5.41) is 0. The van der Waals surface area contributed by atoms with E-state index in [4.69, 9.17) is 0 Å². The Morgan fingerprint density at radius 3 is 1.94 bits per heavy atom. The number of carbonyl (C=O) groups is 1. The van der Waals surface area contributed by atoms with Crippen molar-refractivity contribution < 1.29 is 4.79 Å². The van der Waals surface area contributed by atoms with Gasteiger partial charge in [0.25, 0.3) is 0 Å². The van der Waals surface area contributed by atoms with E-state index in [9.17, 15) is 4.79 Å². The number of carbonyl (C=O) groups excluding carboxylic acids is 1. The number of rotatable bonds is 1. The van der Waals surface area contributed by atoms with Crippen LogP contribution in [0.4, 0.5) is 0 Å². The van der Waals surface area contributed by atoms with Crippen LogP contribution in [0.25, 0.3) is 0 Å². The van der Waals surface area contributed by atoms with Crippen LogP contribution in [-0.2, 0) is 4.79 Å². The van der Waals surface area contributed by atoms with Crippen LogP contribution in [0.1, 0.15) is 45.4 Å². The number of alkyl halides is 1. The Hall–Kier alpha value is -0.0500. The quantitative estimate of drug-likeness (QED) is 0.538. The van der Waals surface area contributed by atoms with Gasteiger partial charge in [0, 0.05) is 12.1 Å². The molecule has 4 bridgehead atoms. The van der Waals surface area contributed by atoms with Crippen LogP contribution >= 0.6 is 15.9 Å². The summed E-state index contributed by atoms with van der Waals surface area (Å²) in [5.74, 6) is 3.13. The minimum atomic E-state index is -0.254. The third-order valence-electron chi connectivity index (χ3n) is 5.72. The molecule has 1 unspecified atom stereocenters. The average Bonchev–Trinajstić information content (AvgIpc) is 2.24. The lowest BCUT2D eigenvalue weighted by molar-refractivity contribution is -0.168. The topological polar surface area (TPSA) is 20.3 Å². The third-order valence-corrected chi connectivity index (χ3v) is 6.31. The molecule has 2 nitrogen and oxygen atoms in total. The van der Waals surface area contributed by atoms with E-state index < -0.39 is 0 Å². The molecular weight excluding hydrogens is 278 g/mol. The van der Waals surface area contributed by atoms with Crippen molar-refractivity contribution in [2.75, 3.05) is 6.54 Å². The zero-order valence-electron chi connectivity index (χ0n) is 10.4. The Kier molecular flexibility index (Phi) is 1.97. The molecule has 1 aliphatic heterocycles. The molecule has 5 rings (SSSR count). The van der Waals surface area contributed by atoms with Crippen molar-refractivity contribution in [1.29, 1.82) is 0 Å². The van der Waals surface area contributed by atoms with Gasteiger partial charge in [-0.1, -0.05) is 15.9 Å². The first kappa shape index (κ1) is 10.8.